The van der Waals surface area contributed by atoms with Gasteiger partial charge in [0.25, 0.3) is 0 Å². The van der Waals surface area contributed by atoms with Crippen LogP contribution in [-0.4, -0.2) is 31.1 Å². The van der Waals surface area contributed by atoms with E-state index in [1.165, 1.54) is 24.0 Å². The van der Waals surface area contributed by atoms with Crippen LogP contribution in [0.2, 0.25) is 0 Å². The molecule has 1 atom stereocenters. The van der Waals surface area contributed by atoms with E-state index in [2.05, 4.69) is 44.0 Å². The van der Waals surface area contributed by atoms with Crippen molar-refractivity contribution in [2.75, 3.05) is 14.2 Å². The van der Waals surface area contributed by atoms with Crippen LogP contribution in [0.5, 0.6) is 5.75 Å². The average Bonchev–Trinajstić information content (AvgIpc) is 2.46. The van der Waals surface area contributed by atoms with Crippen molar-refractivity contribution in [3.63, 3.8) is 0 Å². The summed E-state index contributed by atoms with van der Waals surface area (Å²) in [5, 5.41) is 0. The van der Waals surface area contributed by atoms with E-state index in [0.29, 0.717) is 18.1 Å². The van der Waals surface area contributed by atoms with Gasteiger partial charge >= 0.3 is 0 Å². The zero-order valence-electron chi connectivity index (χ0n) is 13.2. The summed E-state index contributed by atoms with van der Waals surface area (Å²) in [7, 11) is 3.98. The lowest BCUT2D eigenvalue weighted by molar-refractivity contribution is 0.139. The van der Waals surface area contributed by atoms with E-state index >= 15 is 0 Å². The van der Waals surface area contributed by atoms with Gasteiger partial charge in [-0.25, -0.2) is 0 Å². The first-order valence-corrected chi connectivity index (χ1v) is 7.65. The second kappa shape index (κ2) is 6.59. The molecular weight excluding hydrogens is 248 g/mol. The van der Waals surface area contributed by atoms with Crippen molar-refractivity contribution in [2.24, 2.45) is 5.73 Å². The van der Waals surface area contributed by atoms with E-state index in [1.807, 2.05) is 0 Å². The van der Waals surface area contributed by atoms with Crippen molar-refractivity contribution in [3.8, 4) is 5.75 Å². The second-order valence-corrected chi connectivity index (χ2v) is 6.16. The van der Waals surface area contributed by atoms with E-state index in [1.54, 1.807) is 7.11 Å². The molecule has 20 heavy (non-hydrogen) atoms. The van der Waals surface area contributed by atoms with Crippen LogP contribution in [0.15, 0.2) is 18.2 Å². The predicted molar refractivity (Wildman–Crippen MR) is 84.1 cm³/mol. The number of benzene rings is 1. The summed E-state index contributed by atoms with van der Waals surface area (Å²) in [6.07, 6.45) is 4.70. The molecule has 1 aromatic carbocycles. The number of ether oxygens (including phenoxy) is 1. The van der Waals surface area contributed by atoms with E-state index in [-0.39, 0.29) is 0 Å². The van der Waals surface area contributed by atoms with Gasteiger partial charge in [-0.1, -0.05) is 17.7 Å². The van der Waals surface area contributed by atoms with Crippen molar-refractivity contribution in [2.45, 2.75) is 57.7 Å². The number of methoxy groups -OCH3 is 1. The molecule has 1 aliphatic rings. The first kappa shape index (κ1) is 15.3. The zero-order valence-corrected chi connectivity index (χ0v) is 13.2. The molecule has 3 nitrogen and oxygen atoms in total. The summed E-state index contributed by atoms with van der Waals surface area (Å²) in [4.78, 5) is 2.49. The number of hydrogen-bond donors (Lipinski definition) is 1. The Morgan fingerprint density at radius 2 is 1.90 bits per heavy atom. The molecule has 112 valence electrons. The van der Waals surface area contributed by atoms with Gasteiger partial charge in [-0.15, -0.1) is 0 Å². The van der Waals surface area contributed by atoms with Gasteiger partial charge in [-0.3, -0.25) is 4.90 Å². The summed E-state index contributed by atoms with van der Waals surface area (Å²) in [6, 6.07) is 7.83. The molecule has 3 heteroatoms. The Balaban J connectivity index is 2.13. The van der Waals surface area contributed by atoms with Gasteiger partial charge in [0.05, 0.1) is 7.11 Å². The first-order chi connectivity index (χ1) is 9.52. The van der Waals surface area contributed by atoms with Gasteiger partial charge in [-0.05, 0) is 52.6 Å². The van der Waals surface area contributed by atoms with Crippen LogP contribution in [0, 0.1) is 6.92 Å². The number of hydrogen-bond acceptors (Lipinski definition) is 3. The van der Waals surface area contributed by atoms with E-state index in [0.717, 1.165) is 18.6 Å². The van der Waals surface area contributed by atoms with Crippen LogP contribution in [0.25, 0.3) is 0 Å². The summed E-state index contributed by atoms with van der Waals surface area (Å²) < 4.78 is 5.53. The highest BCUT2D eigenvalue weighted by molar-refractivity contribution is 5.39. The molecule has 1 aromatic rings. The van der Waals surface area contributed by atoms with Crippen molar-refractivity contribution >= 4 is 0 Å². The first-order valence-electron chi connectivity index (χ1n) is 7.65. The molecule has 0 spiro atoms. The topological polar surface area (TPSA) is 38.5 Å². The van der Waals surface area contributed by atoms with Gasteiger partial charge < -0.3 is 10.5 Å². The lowest BCUT2D eigenvalue weighted by atomic mass is 9.89. The number of aryl methyl sites for hydroxylation is 1. The van der Waals surface area contributed by atoms with E-state index < -0.39 is 0 Å². The summed E-state index contributed by atoms with van der Waals surface area (Å²) >= 11 is 0. The SMILES string of the molecule is COc1ccc(C)cc1C(C)N(C)C1CCC(N)CC1. The molecule has 0 heterocycles. The lowest BCUT2D eigenvalue weighted by Crippen LogP contribution is -2.40. The number of rotatable bonds is 4. The highest BCUT2D eigenvalue weighted by Crippen LogP contribution is 2.33. The zero-order chi connectivity index (χ0) is 14.7. The van der Waals surface area contributed by atoms with Crippen LogP contribution >= 0.6 is 0 Å². The third-order valence-corrected chi connectivity index (χ3v) is 4.76. The highest BCUT2D eigenvalue weighted by atomic mass is 16.5. The third kappa shape index (κ3) is 3.33. The minimum atomic E-state index is 0.365. The highest BCUT2D eigenvalue weighted by Gasteiger charge is 2.26. The smallest absolute Gasteiger partial charge is 0.123 e. The van der Waals surface area contributed by atoms with Gasteiger partial charge in [0.2, 0.25) is 0 Å². The molecule has 2 rings (SSSR count). The molecule has 0 bridgehead atoms. The molecule has 1 saturated carbocycles. The van der Waals surface area contributed by atoms with Gasteiger partial charge in [-0.2, -0.15) is 0 Å². The fourth-order valence-corrected chi connectivity index (χ4v) is 3.22. The molecule has 0 aliphatic heterocycles. The lowest BCUT2D eigenvalue weighted by Gasteiger charge is -2.37. The standard InChI is InChI=1S/C17H28N2O/c1-12-5-10-17(20-4)16(11-12)13(2)19(3)15-8-6-14(18)7-9-15/h5,10-11,13-15H,6-9,18H2,1-4H3. The van der Waals surface area contributed by atoms with Crippen molar-refractivity contribution in [1.29, 1.82) is 0 Å². The van der Waals surface area contributed by atoms with Gasteiger partial charge in [0.15, 0.2) is 0 Å². The molecule has 0 radical (unpaired) electrons. The second-order valence-electron chi connectivity index (χ2n) is 6.16. The molecular formula is C17H28N2O. The van der Waals surface area contributed by atoms with Gasteiger partial charge in [0.1, 0.15) is 5.75 Å². The van der Waals surface area contributed by atoms with Crippen LogP contribution in [-0.2, 0) is 0 Å². The molecule has 0 saturated heterocycles. The number of nitrogens with zero attached hydrogens (tertiary/aromatic N) is 1. The third-order valence-electron chi connectivity index (χ3n) is 4.76. The Bertz CT molecular complexity index is 439. The van der Waals surface area contributed by atoms with Crippen molar-refractivity contribution in [3.05, 3.63) is 29.3 Å². The van der Waals surface area contributed by atoms with E-state index in [4.69, 9.17) is 10.5 Å². The largest absolute Gasteiger partial charge is 0.496 e. The maximum Gasteiger partial charge on any atom is 0.123 e. The van der Waals surface area contributed by atoms with Crippen molar-refractivity contribution < 1.29 is 4.74 Å². The molecule has 2 N–H and O–H groups in total. The monoisotopic (exact) mass is 276 g/mol. The average molecular weight is 276 g/mol. The Morgan fingerprint density at radius 3 is 2.50 bits per heavy atom. The Hall–Kier alpha value is -1.06. The number of nitrogens with two attached hydrogens (primary N) is 1. The summed E-state index contributed by atoms with van der Waals surface area (Å²) in [5.74, 6) is 0.988. The molecule has 1 unspecified atom stereocenters. The fraction of sp³-hybridized carbons (Fsp3) is 0.647. The maximum atomic E-state index is 6.01. The molecule has 1 fully saturated rings. The summed E-state index contributed by atoms with van der Waals surface area (Å²) in [5.41, 5.74) is 8.58. The normalized spacial score (nSPS) is 24.7. The van der Waals surface area contributed by atoms with Crippen LogP contribution in [0.3, 0.4) is 0 Å². The predicted octanol–water partition coefficient (Wildman–Crippen LogP) is 3.27. The minimum Gasteiger partial charge on any atom is -0.496 e. The Kier molecular flexibility index (Phi) is 5.06. The Labute approximate surface area is 123 Å². The van der Waals surface area contributed by atoms with Crippen LogP contribution < -0.4 is 10.5 Å². The summed E-state index contributed by atoms with van der Waals surface area (Å²) in [6.45, 7) is 4.40. The van der Waals surface area contributed by atoms with Crippen molar-refractivity contribution in [1.82, 2.24) is 4.90 Å². The van der Waals surface area contributed by atoms with E-state index in [9.17, 15) is 0 Å². The maximum absolute atomic E-state index is 6.01. The van der Waals surface area contributed by atoms with Crippen LogP contribution in [0.4, 0.5) is 0 Å². The molecule has 1 aliphatic carbocycles. The van der Waals surface area contributed by atoms with Crippen LogP contribution in [0.1, 0.15) is 49.8 Å². The molecule has 0 aromatic heterocycles. The fourth-order valence-electron chi connectivity index (χ4n) is 3.22. The quantitative estimate of drug-likeness (QED) is 0.917. The minimum absolute atomic E-state index is 0.365. The van der Waals surface area contributed by atoms with Gasteiger partial charge in [0, 0.05) is 23.7 Å². The molecule has 0 amide bonds. The Morgan fingerprint density at radius 1 is 1.25 bits per heavy atom.